The molecule has 3 rings (SSSR count). The summed E-state index contributed by atoms with van der Waals surface area (Å²) in [5, 5.41) is 5.00. The Balaban J connectivity index is 2.03. The molecule has 0 bridgehead atoms. The molecule has 0 saturated carbocycles. The first-order valence-electron chi connectivity index (χ1n) is 7.34. The third-order valence-electron chi connectivity index (χ3n) is 3.62. The number of nitrogens with one attached hydrogen (secondary N) is 1. The minimum atomic E-state index is -0.316. The first-order valence-corrected chi connectivity index (χ1v) is 8.22. The van der Waals surface area contributed by atoms with Gasteiger partial charge in [-0.15, -0.1) is 17.8 Å². The molecule has 1 amide bonds. The van der Waals surface area contributed by atoms with Crippen LogP contribution in [0.25, 0.3) is 21.3 Å². The number of thiophene rings is 1. The Morgan fingerprint density at radius 1 is 1.38 bits per heavy atom. The van der Waals surface area contributed by atoms with Gasteiger partial charge in [-0.05, 0) is 12.5 Å². The lowest BCUT2D eigenvalue weighted by Gasteiger charge is -2.06. The average Bonchev–Trinajstić information content (AvgIpc) is 3.01. The Kier molecular flexibility index (Phi) is 4.45. The molecule has 0 aliphatic heterocycles. The monoisotopic (exact) mass is 337 g/mol. The molecule has 0 aliphatic carbocycles. The second-order valence-electron chi connectivity index (χ2n) is 5.35. The highest BCUT2D eigenvalue weighted by Gasteiger charge is 2.14. The molecule has 0 aliphatic rings. The summed E-state index contributed by atoms with van der Waals surface area (Å²) >= 11 is 1.42. The molecule has 2 aromatic heterocycles. The normalized spacial score (nSPS) is 10.5. The molecule has 2 heterocycles. The maximum Gasteiger partial charge on any atom is 0.263 e. The molecule has 24 heavy (non-hydrogen) atoms. The van der Waals surface area contributed by atoms with Crippen LogP contribution in [0.1, 0.15) is 5.56 Å². The molecule has 5 nitrogen and oxygen atoms in total. The molecule has 0 radical (unpaired) electrons. The molecule has 1 N–H and O–H groups in total. The Morgan fingerprint density at radius 3 is 2.83 bits per heavy atom. The number of benzene rings is 1. The van der Waals surface area contributed by atoms with Crippen molar-refractivity contribution in [2.75, 3.05) is 6.54 Å². The Morgan fingerprint density at radius 2 is 2.12 bits per heavy atom. The van der Waals surface area contributed by atoms with Gasteiger partial charge in [0.05, 0.1) is 18.3 Å². The van der Waals surface area contributed by atoms with Crippen LogP contribution in [0.15, 0.2) is 40.8 Å². The van der Waals surface area contributed by atoms with Crippen LogP contribution in [0.2, 0.25) is 0 Å². The van der Waals surface area contributed by atoms with Crippen molar-refractivity contribution in [1.29, 1.82) is 0 Å². The number of carbonyl (C=O) groups excluding carboxylic acids is 1. The van der Waals surface area contributed by atoms with E-state index in [0.717, 1.165) is 16.7 Å². The fourth-order valence-electron chi connectivity index (χ4n) is 2.39. The molecule has 0 unspecified atom stereocenters. The summed E-state index contributed by atoms with van der Waals surface area (Å²) in [6.45, 7) is 2.04. The fraction of sp³-hybridized carbons (Fsp3) is 0.167. The van der Waals surface area contributed by atoms with Gasteiger partial charge in [0, 0.05) is 10.9 Å². The number of nitrogens with zero attached hydrogens (tertiary/aromatic N) is 2. The Hall–Kier alpha value is -2.91. The summed E-state index contributed by atoms with van der Waals surface area (Å²) in [5.74, 6) is 2.01. The number of aryl methyl sites for hydroxylation is 1. The minimum absolute atomic E-state index is 0.105. The van der Waals surface area contributed by atoms with Gasteiger partial charge in [0.2, 0.25) is 5.91 Å². The quantitative estimate of drug-likeness (QED) is 0.742. The van der Waals surface area contributed by atoms with E-state index in [1.807, 2.05) is 36.6 Å². The van der Waals surface area contributed by atoms with Crippen molar-refractivity contribution in [2.24, 2.45) is 0 Å². The van der Waals surface area contributed by atoms with Crippen LogP contribution >= 0.6 is 11.3 Å². The molecular formula is C18H15N3O2S. The van der Waals surface area contributed by atoms with E-state index in [-0.39, 0.29) is 24.6 Å². The predicted octanol–water partition coefficient (Wildman–Crippen LogP) is 2.18. The number of terminal acetylenes is 1. The highest BCUT2D eigenvalue weighted by molar-refractivity contribution is 7.17. The summed E-state index contributed by atoms with van der Waals surface area (Å²) < 4.78 is 1.30. The van der Waals surface area contributed by atoms with Crippen molar-refractivity contribution in [3.05, 3.63) is 51.9 Å². The van der Waals surface area contributed by atoms with Crippen molar-refractivity contribution in [3.8, 4) is 23.5 Å². The topological polar surface area (TPSA) is 64.0 Å². The summed E-state index contributed by atoms with van der Waals surface area (Å²) in [4.78, 5) is 29.5. The van der Waals surface area contributed by atoms with Gasteiger partial charge in [-0.25, -0.2) is 4.98 Å². The zero-order valence-electron chi connectivity index (χ0n) is 13.1. The first-order chi connectivity index (χ1) is 11.6. The molecule has 3 aromatic rings. The SMILES string of the molecule is C#CCNC(=O)Cn1cnc2scc(-c3ccc(C)cc3)c2c1=O. The maximum atomic E-state index is 12.8. The summed E-state index contributed by atoms with van der Waals surface area (Å²) in [5.41, 5.74) is 2.72. The predicted molar refractivity (Wildman–Crippen MR) is 95.9 cm³/mol. The van der Waals surface area contributed by atoms with E-state index in [1.54, 1.807) is 0 Å². The van der Waals surface area contributed by atoms with Gasteiger partial charge >= 0.3 is 0 Å². The van der Waals surface area contributed by atoms with Crippen molar-refractivity contribution in [2.45, 2.75) is 13.5 Å². The second-order valence-corrected chi connectivity index (χ2v) is 6.21. The van der Waals surface area contributed by atoms with Gasteiger partial charge in [0.25, 0.3) is 5.56 Å². The lowest BCUT2D eigenvalue weighted by Crippen LogP contribution is -2.32. The lowest BCUT2D eigenvalue weighted by molar-refractivity contribution is -0.121. The highest BCUT2D eigenvalue weighted by atomic mass is 32.1. The number of aromatic nitrogens is 2. The zero-order valence-corrected chi connectivity index (χ0v) is 13.9. The fourth-order valence-corrected chi connectivity index (χ4v) is 3.29. The van der Waals surface area contributed by atoms with Crippen LogP contribution < -0.4 is 10.9 Å². The number of hydrogen-bond acceptors (Lipinski definition) is 4. The van der Waals surface area contributed by atoms with E-state index < -0.39 is 0 Å². The van der Waals surface area contributed by atoms with Crippen LogP contribution in [0.3, 0.4) is 0 Å². The van der Waals surface area contributed by atoms with E-state index in [0.29, 0.717) is 10.2 Å². The van der Waals surface area contributed by atoms with Crippen molar-refractivity contribution in [1.82, 2.24) is 14.9 Å². The molecule has 0 atom stereocenters. The third-order valence-corrected chi connectivity index (χ3v) is 4.51. The van der Waals surface area contributed by atoms with Crippen molar-refractivity contribution < 1.29 is 4.79 Å². The van der Waals surface area contributed by atoms with Crippen molar-refractivity contribution in [3.63, 3.8) is 0 Å². The second kappa shape index (κ2) is 6.69. The molecule has 6 heteroatoms. The molecule has 0 fully saturated rings. The number of carbonyl (C=O) groups is 1. The molecule has 1 aromatic carbocycles. The number of amides is 1. The van der Waals surface area contributed by atoms with Crippen LogP contribution in [-0.2, 0) is 11.3 Å². The van der Waals surface area contributed by atoms with Gasteiger partial charge in [-0.2, -0.15) is 0 Å². The van der Waals surface area contributed by atoms with E-state index in [9.17, 15) is 9.59 Å². The van der Waals surface area contributed by atoms with Gasteiger partial charge in [-0.1, -0.05) is 35.7 Å². The first kappa shape index (κ1) is 16.0. The van der Waals surface area contributed by atoms with Gasteiger partial charge in [0.15, 0.2) is 0 Å². The molecule has 0 saturated heterocycles. The van der Waals surface area contributed by atoms with Gasteiger partial charge in [0.1, 0.15) is 11.4 Å². The Bertz CT molecular complexity index is 994. The van der Waals surface area contributed by atoms with E-state index in [2.05, 4.69) is 16.2 Å². The van der Waals surface area contributed by atoms with Crippen LogP contribution in [0.5, 0.6) is 0 Å². The average molecular weight is 337 g/mol. The van der Waals surface area contributed by atoms with Gasteiger partial charge < -0.3 is 5.32 Å². The smallest absolute Gasteiger partial charge is 0.263 e. The van der Waals surface area contributed by atoms with Crippen molar-refractivity contribution >= 4 is 27.5 Å². The Labute approximate surface area is 143 Å². The van der Waals surface area contributed by atoms with E-state index >= 15 is 0 Å². The zero-order chi connectivity index (χ0) is 17.1. The van der Waals surface area contributed by atoms with E-state index in [1.165, 1.54) is 22.2 Å². The molecule has 120 valence electrons. The third kappa shape index (κ3) is 3.07. The number of rotatable bonds is 4. The largest absolute Gasteiger partial charge is 0.344 e. The highest BCUT2D eigenvalue weighted by Crippen LogP contribution is 2.30. The molecule has 0 spiro atoms. The minimum Gasteiger partial charge on any atom is -0.344 e. The van der Waals surface area contributed by atoms with Crippen LogP contribution in [-0.4, -0.2) is 22.0 Å². The number of hydrogen-bond donors (Lipinski definition) is 1. The summed E-state index contributed by atoms with van der Waals surface area (Å²) in [6.07, 6.45) is 6.51. The number of fused-ring (bicyclic) bond motifs is 1. The van der Waals surface area contributed by atoms with E-state index in [4.69, 9.17) is 6.42 Å². The van der Waals surface area contributed by atoms with Gasteiger partial charge in [-0.3, -0.25) is 14.2 Å². The molecular weight excluding hydrogens is 322 g/mol. The lowest BCUT2D eigenvalue weighted by atomic mass is 10.1. The van der Waals surface area contributed by atoms with Crippen LogP contribution in [0.4, 0.5) is 0 Å². The maximum absolute atomic E-state index is 12.8. The van der Waals surface area contributed by atoms with Crippen LogP contribution in [0, 0.1) is 19.3 Å². The summed E-state index contributed by atoms with van der Waals surface area (Å²) in [6, 6.07) is 7.96. The standard InChI is InChI=1S/C18H15N3O2S/c1-3-8-19-15(22)9-21-11-20-17-16(18(21)23)14(10-24-17)13-6-4-12(2)5-7-13/h1,4-7,10-11H,8-9H2,2H3,(H,19,22). The summed E-state index contributed by atoms with van der Waals surface area (Å²) in [7, 11) is 0.